The van der Waals surface area contributed by atoms with Crippen LogP contribution in [0.15, 0.2) is 4.52 Å². The van der Waals surface area contributed by atoms with Gasteiger partial charge < -0.3 is 15.0 Å². The molecule has 1 fully saturated rings. The third kappa shape index (κ3) is 3.38. The molecule has 0 saturated heterocycles. The highest BCUT2D eigenvalue weighted by atomic mass is 16.5. The molecule has 5 heteroatoms. The maximum Gasteiger partial charge on any atom is 0.227 e. The van der Waals surface area contributed by atoms with Gasteiger partial charge in [-0.05, 0) is 39.0 Å². The molecule has 1 aliphatic rings. The van der Waals surface area contributed by atoms with Crippen LogP contribution in [0.5, 0.6) is 0 Å². The van der Waals surface area contributed by atoms with E-state index >= 15 is 0 Å². The van der Waals surface area contributed by atoms with Crippen LogP contribution in [0.3, 0.4) is 0 Å². The van der Waals surface area contributed by atoms with Gasteiger partial charge in [0, 0.05) is 19.1 Å². The molecule has 1 aromatic rings. The molecule has 0 amide bonds. The van der Waals surface area contributed by atoms with Gasteiger partial charge in [-0.25, -0.2) is 0 Å². The van der Waals surface area contributed by atoms with Crippen LogP contribution in [0.1, 0.15) is 64.6 Å². The van der Waals surface area contributed by atoms with Crippen LogP contribution in [-0.2, 0) is 16.8 Å². The summed E-state index contributed by atoms with van der Waals surface area (Å²) in [5.41, 5.74) is 5.73. The smallest absolute Gasteiger partial charge is 0.227 e. The minimum atomic E-state index is -0.453. The van der Waals surface area contributed by atoms with Crippen molar-refractivity contribution in [3.8, 4) is 0 Å². The highest BCUT2D eigenvalue weighted by Gasteiger charge is 2.32. The SMILES string of the molecule is CCOC(C)(CC)c1noc(CC2CCCCC2N)n1. The molecule has 0 aliphatic heterocycles. The molecule has 2 rings (SSSR count). The molecule has 114 valence electrons. The van der Waals surface area contributed by atoms with Gasteiger partial charge in [0.2, 0.25) is 11.7 Å². The fourth-order valence-corrected chi connectivity index (χ4v) is 2.91. The zero-order valence-electron chi connectivity index (χ0n) is 12.9. The Kier molecular flexibility index (Phi) is 5.16. The van der Waals surface area contributed by atoms with E-state index in [0.717, 1.165) is 25.7 Å². The molecular weight excluding hydrogens is 254 g/mol. The molecule has 1 aromatic heterocycles. The summed E-state index contributed by atoms with van der Waals surface area (Å²) in [4.78, 5) is 4.54. The number of ether oxygens (including phenoxy) is 1. The number of hydrogen-bond donors (Lipinski definition) is 1. The molecule has 5 nitrogen and oxygen atoms in total. The third-order valence-corrected chi connectivity index (χ3v) is 4.48. The highest BCUT2D eigenvalue weighted by molar-refractivity contribution is 5.00. The van der Waals surface area contributed by atoms with Crippen molar-refractivity contribution in [3.63, 3.8) is 0 Å². The first-order valence-corrected chi connectivity index (χ1v) is 7.81. The molecule has 0 bridgehead atoms. The minimum absolute atomic E-state index is 0.267. The van der Waals surface area contributed by atoms with Crippen LogP contribution in [-0.4, -0.2) is 22.8 Å². The van der Waals surface area contributed by atoms with Gasteiger partial charge in [0.15, 0.2) is 0 Å². The Morgan fingerprint density at radius 3 is 2.75 bits per heavy atom. The molecule has 0 aromatic carbocycles. The van der Waals surface area contributed by atoms with E-state index in [1.165, 1.54) is 12.8 Å². The lowest BCUT2D eigenvalue weighted by Crippen LogP contribution is -2.34. The summed E-state index contributed by atoms with van der Waals surface area (Å²) < 4.78 is 11.2. The zero-order chi connectivity index (χ0) is 14.6. The van der Waals surface area contributed by atoms with Crippen LogP contribution < -0.4 is 5.73 Å². The fraction of sp³-hybridized carbons (Fsp3) is 0.867. The van der Waals surface area contributed by atoms with E-state index in [0.29, 0.717) is 24.2 Å². The van der Waals surface area contributed by atoms with Crippen LogP contribution in [0.25, 0.3) is 0 Å². The maximum absolute atomic E-state index is 6.18. The van der Waals surface area contributed by atoms with Crippen LogP contribution in [0.4, 0.5) is 0 Å². The number of nitrogens with two attached hydrogens (primary N) is 1. The number of rotatable bonds is 6. The van der Waals surface area contributed by atoms with Gasteiger partial charge in [0.25, 0.3) is 0 Å². The van der Waals surface area contributed by atoms with E-state index in [9.17, 15) is 0 Å². The van der Waals surface area contributed by atoms with Crippen LogP contribution in [0, 0.1) is 5.92 Å². The second-order valence-corrected chi connectivity index (χ2v) is 5.94. The number of nitrogens with zero attached hydrogens (tertiary/aromatic N) is 2. The molecule has 1 heterocycles. The molecule has 20 heavy (non-hydrogen) atoms. The van der Waals surface area contributed by atoms with Crippen LogP contribution in [0.2, 0.25) is 0 Å². The lowest BCUT2D eigenvalue weighted by Gasteiger charge is -2.27. The van der Waals surface area contributed by atoms with Gasteiger partial charge in [0.05, 0.1) is 0 Å². The molecule has 2 N–H and O–H groups in total. The van der Waals surface area contributed by atoms with Gasteiger partial charge in [-0.3, -0.25) is 0 Å². The van der Waals surface area contributed by atoms with E-state index in [1.54, 1.807) is 0 Å². The van der Waals surface area contributed by atoms with E-state index in [-0.39, 0.29) is 6.04 Å². The van der Waals surface area contributed by atoms with Crippen molar-refractivity contribution in [3.05, 3.63) is 11.7 Å². The Morgan fingerprint density at radius 1 is 1.35 bits per heavy atom. The van der Waals surface area contributed by atoms with Gasteiger partial charge in [-0.1, -0.05) is 24.9 Å². The molecule has 1 aliphatic carbocycles. The fourth-order valence-electron chi connectivity index (χ4n) is 2.91. The monoisotopic (exact) mass is 281 g/mol. The number of aromatic nitrogens is 2. The predicted octanol–water partition coefficient (Wildman–Crippen LogP) is 2.79. The van der Waals surface area contributed by atoms with E-state index in [4.69, 9.17) is 15.0 Å². The third-order valence-electron chi connectivity index (χ3n) is 4.48. The van der Waals surface area contributed by atoms with Gasteiger partial charge in [0.1, 0.15) is 5.60 Å². The Morgan fingerprint density at radius 2 is 2.10 bits per heavy atom. The van der Waals surface area contributed by atoms with Crippen molar-refractivity contribution in [2.24, 2.45) is 11.7 Å². The van der Waals surface area contributed by atoms with Gasteiger partial charge in [-0.15, -0.1) is 0 Å². The summed E-state index contributed by atoms with van der Waals surface area (Å²) >= 11 is 0. The largest absolute Gasteiger partial charge is 0.367 e. The van der Waals surface area contributed by atoms with Crippen molar-refractivity contribution >= 4 is 0 Å². The van der Waals surface area contributed by atoms with E-state index < -0.39 is 5.60 Å². The normalized spacial score (nSPS) is 26.4. The summed E-state index contributed by atoms with van der Waals surface area (Å²) in [6.45, 7) is 6.71. The molecule has 1 saturated carbocycles. The maximum atomic E-state index is 6.18. The molecule has 3 atom stereocenters. The lowest BCUT2D eigenvalue weighted by atomic mass is 9.83. The topological polar surface area (TPSA) is 74.2 Å². The quantitative estimate of drug-likeness (QED) is 0.868. The number of hydrogen-bond acceptors (Lipinski definition) is 5. The summed E-state index contributed by atoms with van der Waals surface area (Å²) in [6, 6.07) is 0.267. The van der Waals surface area contributed by atoms with E-state index in [2.05, 4.69) is 17.1 Å². The van der Waals surface area contributed by atoms with Crippen molar-refractivity contribution < 1.29 is 9.26 Å². The van der Waals surface area contributed by atoms with Gasteiger partial charge >= 0.3 is 0 Å². The van der Waals surface area contributed by atoms with Crippen molar-refractivity contribution in [2.45, 2.75) is 70.9 Å². The highest BCUT2D eigenvalue weighted by Crippen LogP contribution is 2.29. The Balaban J connectivity index is 2.04. The predicted molar refractivity (Wildman–Crippen MR) is 77.2 cm³/mol. The average molecular weight is 281 g/mol. The molecule has 0 radical (unpaired) electrons. The summed E-state index contributed by atoms with van der Waals surface area (Å²) in [6.07, 6.45) is 6.38. The summed E-state index contributed by atoms with van der Waals surface area (Å²) in [5.74, 6) is 1.82. The average Bonchev–Trinajstić information content (AvgIpc) is 2.91. The first-order valence-electron chi connectivity index (χ1n) is 7.81. The van der Waals surface area contributed by atoms with Gasteiger partial charge in [-0.2, -0.15) is 4.98 Å². The Bertz CT molecular complexity index is 421. The van der Waals surface area contributed by atoms with Crippen LogP contribution >= 0.6 is 0 Å². The second kappa shape index (κ2) is 6.68. The molecular formula is C15H27N3O2. The van der Waals surface area contributed by atoms with E-state index in [1.807, 2.05) is 13.8 Å². The first-order chi connectivity index (χ1) is 9.59. The second-order valence-electron chi connectivity index (χ2n) is 5.94. The Labute approximate surface area is 121 Å². The summed E-state index contributed by atoms with van der Waals surface area (Å²) in [5, 5.41) is 4.12. The van der Waals surface area contributed by atoms with Crippen molar-refractivity contribution in [1.82, 2.24) is 10.1 Å². The molecule has 3 unspecified atom stereocenters. The summed E-state index contributed by atoms with van der Waals surface area (Å²) in [7, 11) is 0. The zero-order valence-corrected chi connectivity index (χ0v) is 12.9. The van der Waals surface area contributed by atoms with Crippen molar-refractivity contribution in [1.29, 1.82) is 0 Å². The minimum Gasteiger partial charge on any atom is -0.367 e. The first kappa shape index (κ1) is 15.4. The Hall–Kier alpha value is -0.940. The molecule has 0 spiro atoms. The standard InChI is InChI=1S/C15H27N3O2/c1-4-15(3,19-5-2)14-17-13(20-18-14)10-11-8-6-7-9-12(11)16/h11-12H,4-10,16H2,1-3H3. The van der Waals surface area contributed by atoms with Crippen molar-refractivity contribution in [2.75, 3.05) is 6.61 Å². The lowest BCUT2D eigenvalue weighted by molar-refractivity contribution is -0.0403.